The van der Waals surface area contributed by atoms with E-state index in [1.165, 1.54) is 18.2 Å². The fourth-order valence-electron chi connectivity index (χ4n) is 3.56. The number of nitrogens with zero attached hydrogens (tertiary/aromatic N) is 4. The molecule has 12 heteroatoms. The molecular weight excluding hydrogens is 443 g/mol. The van der Waals surface area contributed by atoms with Crippen LogP contribution in [0.25, 0.3) is 11.1 Å². The quantitative estimate of drug-likeness (QED) is 0.569. The lowest BCUT2D eigenvalue weighted by Crippen LogP contribution is -2.57. The van der Waals surface area contributed by atoms with E-state index in [1.807, 2.05) is 9.80 Å². The van der Waals surface area contributed by atoms with Gasteiger partial charge in [-0.25, -0.2) is 9.78 Å². The van der Waals surface area contributed by atoms with Crippen LogP contribution in [0.4, 0.5) is 23.8 Å². The zero-order chi connectivity index (χ0) is 24.0. The molecule has 2 aromatic rings. The van der Waals surface area contributed by atoms with Gasteiger partial charge in [-0.3, -0.25) is 9.80 Å². The van der Waals surface area contributed by atoms with Gasteiger partial charge in [-0.15, -0.1) is 13.2 Å². The molecule has 0 bridgehead atoms. The van der Waals surface area contributed by atoms with Crippen molar-refractivity contribution in [2.24, 2.45) is 5.73 Å². The molecule has 1 unspecified atom stereocenters. The second-order valence-corrected chi connectivity index (χ2v) is 7.43. The first kappa shape index (κ1) is 24.3. The molecule has 33 heavy (non-hydrogen) atoms. The molecule has 1 saturated heterocycles. The van der Waals surface area contributed by atoms with Crippen LogP contribution in [0.5, 0.6) is 5.75 Å². The van der Waals surface area contributed by atoms with E-state index < -0.39 is 18.6 Å². The van der Waals surface area contributed by atoms with Crippen LogP contribution in [-0.4, -0.2) is 84.1 Å². The molecule has 1 fully saturated rings. The second-order valence-electron chi connectivity index (χ2n) is 7.43. The summed E-state index contributed by atoms with van der Waals surface area (Å²) < 4.78 is 41.3. The number of aldehydes is 1. The number of nitrogens with two attached hydrogens (primary N) is 1. The van der Waals surface area contributed by atoms with Crippen molar-refractivity contribution in [2.45, 2.75) is 12.5 Å². The topological polar surface area (TPSA) is 112 Å². The monoisotopic (exact) mass is 467 g/mol. The van der Waals surface area contributed by atoms with Crippen LogP contribution in [0.1, 0.15) is 0 Å². The molecule has 1 aliphatic heterocycles. The van der Waals surface area contributed by atoms with E-state index in [0.717, 1.165) is 4.90 Å². The normalized spacial score (nSPS) is 15.7. The lowest BCUT2D eigenvalue weighted by Gasteiger charge is -2.39. The molecule has 3 N–H and O–H groups in total. The smallest absolute Gasteiger partial charge is 0.465 e. The minimum absolute atomic E-state index is 0.0259. The summed E-state index contributed by atoms with van der Waals surface area (Å²) in [6, 6.07) is 9.25. The van der Waals surface area contributed by atoms with Gasteiger partial charge in [0.15, 0.2) is 0 Å². The van der Waals surface area contributed by atoms with Gasteiger partial charge in [-0.05, 0) is 29.8 Å². The summed E-state index contributed by atoms with van der Waals surface area (Å²) in [5.74, 6) is 0.411. The average molecular weight is 467 g/mol. The Morgan fingerprint density at radius 1 is 1.21 bits per heavy atom. The number of alkyl halides is 3. The number of piperazine rings is 1. The Labute approximate surface area is 188 Å². The maximum atomic E-state index is 12.5. The number of ether oxygens (including phenoxy) is 1. The third kappa shape index (κ3) is 6.80. The van der Waals surface area contributed by atoms with Crippen LogP contribution >= 0.6 is 0 Å². The number of aromatic nitrogens is 1. The Hall–Kier alpha value is -3.38. The van der Waals surface area contributed by atoms with Gasteiger partial charge in [0.1, 0.15) is 17.9 Å². The number of anilines is 1. The maximum Gasteiger partial charge on any atom is 0.573 e. The van der Waals surface area contributed by atoms with Crippen LogP contribution in [0.2, 0.25) is 0 Å². The Morgan fingerprint density at radius 2 is 1.94 bits per heavy atom. The summed E-state index contributed by atoms with van der Waals surface area (Å²) in [5.41, 5.74) is 7.32. The summed E-state index contributed by atoms with van der Waals surface area (Å²) in [6.45, 7) is 2.17. The highest BCUT2D eigenvalue weighted by Gasteiger charge is 2.31. The number of hydrogen-bond acceptors (Lipinski definition) is 7. The molecule has 1 atom stereocenters. The van der Waals surface area contributed by atoms with Crippen molar-refractivity contribution in [3.63, 3.8) is 0 Å². The van der Waals surface area contributed by atoms with Gasteiger partial charge < -0.3 is 25.3 Å². The lowest BCUT2D eigenvalue weighted by molar-refractivity contribution is -0.274. The number of carbonyl (C=O) groups is 2. The number of halogens is 3. The highest BCUT2D eigenvalue weighted by atomic mass is 19.4. The van der Waals surface area contributed by atoms with E-state index in [1.54, 1.807) is 24.4 Å². The Morgan fingerprint density at radius 3 is 2.52 bits per heavy atom. The molecule has 1 amide bonds. The van der Waals surface area contributed by atoms with Crippen LogP contribution < -0.4 is 15.4 Å². The third-order valence-electron chi connectivity index (χ3n) is 5.23. The van der Waals surface area contributed by atoms with E-state index in [0.29, 0.717) is 49.4 Å². The highest BCUT2D eigenvalue weighted by molar-refractivity contribution is 5.69. The summed E-state index contributed by atoms with van der Waals surface area (Å²) in [4.78, 5) is 31.2. The molecule has 1 aromatic heterocycles. The summed E-state index contributed by atoms with van der Waals surface area (Å²) in [5, 5.41) is 9.13. The van der Waals surface area contributed by atoms with Gasteiger partial charge in [-0.2, -0.15) is 0 Å². The molecule has 1 aliphatic rings. The number of benzene rings is 1. The number of pyridine rings is 1. The summed E-state index contributed by atoms with van der Waals surface area (Å²) in [7, 11) is 0. The Kier molecular flexibility index (Phi) is 7.71. The SMILES string of the molecule is NC(CN(CC=O)C(=O)O)N1CCN(c2ccc(-c3cccc(OC(F)(F)F)c3)cn2)CC1. The molecular formula is C21H24F3N5O4. The number of hydrogen-bond donors (Lipinski definition) is 2. The van der Waals surface area contributed by atoms with Crippen molar-refractivity contribution < 1.29 is 32.6 Å². The molecule has 0 spiro atoms. The van der Waals surface area contributed by atoms with E-state index in [4.69, 9.17) is 10.8 Å². The van der Waals surface area contributed by atoms with Gasteiger partial charge in [-0.1, -0.05) is 12.1 Å². The zero-order valence-corrected chi connectivity index (χ0v) is 17.6. The van der Waals surface area contributed by atoms with Crippen molar-refractivity contribution in [1.82, 2.24) is 14.8 Å². The second kappa shape index (κ2) is 10.5. The van der Waals surface area contributed by atoms with Crippen LogP contribution in [0.15, 0.2) is 42.6 Å². The zero-order valence-electron chi connectivity index (χ0n) is 17.6. The minimum atomic E-state index is -4.76. The van der Waals surface area contributed by atoms with Gasteiger partial charge in [0, 0.05) is 37.9 Å². The minimum Gasteiger partial charge on any atom is -0.465 e. The fourth-order valence-corrected chi connectivity index (χ4v) is 3.56. The first-order valence-electron chi connectivity index (χ1n) is 10.1. The number of carboxylic acid groups (broad SMARTS) is 1. The van der Waals surface area contributed by atoms with Gasteiger partial charge >= 0.3 is 12.5 Å². The molecule has 178 valence electrons. The summed E-state index contributed by atoms with van der Waals surface area (Å²) >= 11 is 0. The average Bonchev–Trinajstić information content (AvgIpc) is 2.78. The largest absolute Gasteiger partial charge is 0.573 e. The molecule has 0 aliphatic carbocycles. The Bertz CT molecular complexity index is 950. The van der Waals surface area contributed by atoms with E-state index in [-0.39, 0.29) is 18.8 Å². The van der Waals surface area contributed by atoms with Crippen LogP contribution in [0.3, 0.4) is 0 Å². The first-order valence-corrected chi connectivity index (χ1v) is 10.1. The molecule has 3 rings (SSSR count). The van der Waals surface area contributed by atoms with Crippen molar-refractivity contribution in [3.05, 3.63) is 42.6 Å². The molecule has 0 radical (unpaired) electrons. The first-order chi connectivity index (χ1) is 15.7. The lowest BCUT2D eigenvalue weighted by atomic mass is 10.1. The van der Waals surface area contributed by atoms with E-state index in [2.05, 4.69) is 9.72 Å². The van der Waals surface area contributed by atoms with Crippen molar-refractivity contribution in [3.8, 4) is 16.9 Å². The van der Waals surface area contributed by atoms with E-state index in [9.17, 15) is 22.8 Å². The van der Waals surface area contributed by atoms with E-state index >= 15 is 0 Å². The molecule has 1 aromatic carbocycles. The molecule has 2 heterocycles. The number of amides is 1. The van der Waals surface area contributed by atoms with Gasteiger partial charge in [0.25, 0.3) is 0 Å². The predicted octanol–water partition coefficient (Wildman–Crippen LogP) is 2.23. The van der Waals surface area contributed by atoms with Crippen molar-refractivity contribution >= 4 is 18.2 Å². The standard InChI is InChI=1S/C21H24F3N5O4/c22-21(23,24)33-17-3-1-2-15(12-17)16-4-5-19(26-13-16)28-8-6-27(7-9-28)18(25)14-29(10-11-30)20(31)32/h1-5,11-13,18H,6-10,14,25H2,(H,31,32). The van der Waals surface area contributed by atoms with Crippen LogP contribution in [-0.2, 0) is 4.79 Å². The predicted molar refractivity (Wildman–Crippen MR) is 114 cm³/mol. The summed E-state index contributed by atoms with van der Waals surface area (Å²) in [6.07, 6.45) is -4.38. The maximum absolute atomic E-state index is 12.5. The van der Waals surface area contributed by atoms with Gasteiger partial charge in [0.2, 0.25) is 0 Å². The fraction of sp³-hybridized carbons (Fsp3) is 0.381. The van der Waals surface area contributed by atoms with Gasteiger partial charge in [0.05, 0.1) is 19.3 Å². The molecule has 0 saturated carbocycles. The third-order valence-corrected chi connectivity index (χ3v) is 5.23. The van der Waals surface area contributed by atoms with Crippen molar-refractivity contribution in [1.29, 1.82) is 0 Å². The number of carbonyl (C=O) groups excluding carboxylic acids is 1. The highest BCUT2D eigenvalue weighted by Crippen LogP contribution is 2.28. The van der Waals surface area contributed by atoms with Crippen LogP contribution in [0, 0.1) is 0 Å². The number of rotatable bonds is 8. The Balaban J connectivity index is 1.58. The molecule has 9 nitrogen and oxygen atoms in total. The van der Waals surface area contributed by atoms with Crippen molar-refractivity contribution in [2.75, 3.05) is 44.2 Å².